The first-order chi connectivity index (χ1) is 9.99. The van der Waals surface area contributed by atoms with Gasteiger partial charge in [-0.25, -0.2) is 4.79 Å². The Kier molecular flexibility index (Phi) is 6.42. The number of aliphatic hydroxyl groups is 1. The molecule has 21 heavy (non-hydrogen) atoms. The molecule has 0 bridgehead atoms. The number of carboxylic acids is 1. The lowest BCUT2D eigenvalue weighted by Gasteiger charge is -2.28. The molecule has 0 aliphatic carbocycles. The summed E-state index contributed by atoms with van der Waals surface area (Å²) in [4.78, 5) is 26.0. The summed E-state index contributed by atoms with van der Waals surface area (Å²) in [5.41, 5.74) is 1.51. The number of urea groups is 1. The van der Waals surface area contributed by atoms with Crippen LogP contribution in [0.25, 0.3) is 0 Å². The van der Waals surface area contributed by atoms with Gasteiger partial charge in [0, 0.05) is 18.8 Å². The molecule has 0 spiro atoms. The van der Waals surface area contributed by atoms with Crippen LogP contribution in [0.15, 0.2) is 36.9 Å². The van der Waals surface area contributed by atoms with E-state index >= 15 is 0 Å². The zero-order valence-corrected chi connectivity index (χ0v) is 12.0. The van der Waals surface area contributed by atoms with Crippen molar-refractivity contribution in [3.8, 4) is 0 Å². The van der Waals surface area contributed by atoms with Crippen molar-refractivity contribution in [2.45, 2.75) is 6.92 Å². The molecule has 0 heterocycles. The summed E-state index contributed by atoms with van der Waals surface area (Å²) in [7, 11) is 0. The summed E-state index contributed by atoms with van der Waals surface area (Å²) >= 11 is 0. The van der Waals surface area contributed by atoms with Crippen LogP contribution in [-0.4, -0.2) is 53.4 Å². The summed E-state index contributed by atoms with van der Waals surface area (Å²) < 4.78 is 0. The van der Waals surface area contributed by atoms with Crippen molar-refractivity contribution in [1.29, 1.82) is 0 Å². The summed E-state index contributed by atoms with van der Waals surface area (Å²) in [5, 5.41) is 18.0. The number of carboxylic acid groups (broad SMARTS) is 1. The van der Waals surface area contributed by atoms with E-state index in [0.29, 0.717) is 5.69 Å². The van der Waals surface area contributed by atoms with Gasteiger partial charge in [-0.2, -0.15) is 0 Å². The van der Waals surface area contributed by atoms with E-state index in [9.17, 15) is 9.59 Å². The second-order valence-corrected chi connectivity index (χ2v) is 4.56. The molecule has 1 aromatic carbocycles. The molecule has 2 amide bonds. The summed E-state index contributed by atoms with van der Waals surface area (Å²) in [6, 6.07) is 6.53. The van der Waals surface area contributed by atoms with Gasteiger partial charge in [0.25, 0.3) is 0 Å². The molecule has 2 N–H and O–H groups in total. The van der Waals surface area contributed by atoms with E-state index in [1.54, 1.807) is 24.3 Å². The standard InChI is InChI=1S/C15H20N2O4/c1-3-8-16(9-10-18)15(21)17(11-14(19)20)13-6-4-12(2)5-7-13/h3-7,18H,1,8-11H2,2H3,(H,19,20). The maximum Gasteiger partial charge on any atom is 0.325 e. The van der Waals surface area contributed by atoms with Crippen LogP contribution >= 0.6 is 0 Å². The van der Waals surface area contributed by atoms with Crippen molar-refractivity contribution in [3.05, 3.63) is 42.5 Å². The Bertz CT molecular complexity index is 499. The molecule has 0 aliphatic rings. The van der Waals surface area contributed by atoms with Gasteiger partial charge in [-0.05, 0) is 19.1 Å². The van der Waals surface area contributed by atoms with Gasteiger partial charge in [0.15, 0.2) is 0 Å². The van der Waals surface area contributed by atoms with Crippen molar-refractivity contribution >= 4 is 17.7 Å². The van der Waals surface area contributed by atoms with E-state index in [0.717, 1.165) is 5.56 Å². The Labute approximate surface area is 123 Å². The van der Waals surface area contributed by atoms with Crippen LogP contribution in [0.4, 0.5) is 10.5 Å². The number of rotatable bonds is 7. The van der Waals surface area contributed by atoms with Crippen molar-refractivity contribution in [1.82, 2.24) is 4.90 Å². The SMILES string of the molecule is C=CCN(CCO)C(=O)N(CC(=O)O)c1ccc(C)cc1. The molecule has 1 aromatic rings. The second-order valence-electron chi connectivity index (χ2n) is 4.56. The number of aliphatic carboxylic acids is 1. The minimum absolute atomic E-state index is 0.118. The predicted octanol–water partition coefficient (Wildman–Crippen LogP) is 1.49. The largest absolute Gasteiger partial charge is 0.480 e. The predicted molar refractivity (Wildman–Crippen MR) is 80.4 cm³/mol. The fourth-order valence-corrected chi connectivity index (χ4v) is 1.84. The first kappa shape index (κ1) is 16.7. The fourth-order valence-electron chi connectivity index (χ4n) is 1.84. The maximum absolute atomic E-state index is 12.5. The smallest absolute Gasteiger partial charge is 0.325 e. The third kappa shape index (κ3) is 4.92. The molecule has 0 saturated carbocycles. The second kappa shape index (κ2) is 8.06. The molecule has 0 saturated heterocycles. The van der Waals surface area contributed by atoms with Crippen molar-refractivity contribution in [2.75, 3.05) is 31.1 Å². The van der Waals surface area contributed by atoms with Crippen molar-refractivity contribution < 1.29 is 19.8 Å². The van der Waals surface area contributed by atoms with E-state index in [1.807, 2.05) is 6.92 Å². The Balaban J connectivity index is 3.04. The highest BCUT2D eigenvalue weighted by atomic mass is 16.4. The maximum atomic E-state index is 12.5. The lowest BCUT2D eigenvalue weighted by Crippen LogP contribution is -2.46. The Hall–Kier alpha value is -2.34. The fraction of sp³-hybridized carbons (Fsp3) is 0.333. The van der Waals surface area contributed by atoms with E-state index < -0.39 is 18.5 Å². The molecule has 0 fully saturated rings. The Morgan fingerprint density at radius 2 is 1.90 bits per heavy atom. The number of nitrogens with zero attached hydrogens (tertiary/aromatic N) is 2. The van der Waals surface area contributed by atoms with Crippen LogP contribution in [0.5, 0.6) is 0 Å². The summed E-state index contributed by atoms with van der Waals surface area (Å²) in [6.45, 7) is 5.18. The van der Waals surface area contributed by atoms with Crippen molar-refractivity contribution in [3.63, 3.8) is 0 Å². The highest BCUT2D eigenvalue weighted by Crippen LogP contribution is 2.17. The first-order valence-corrected chi connectivity index (χ1v) is 6.56. The van der Waals surface area contributed by atoms with Crippen LogP contribution < -0.4 is 4.90 Å². The molecule has 0 radical (unpaired) electrons. The minimum Gasteiger partial charge on any atom is -0.480 e. The number of anilines is 1. The quantitative estimate of drug-likeness (QED) is 0.746. The van der Waals surface area contributed by atoms with Crippen LogP contribution in [0.2, 0.25) is 0 Å². The van der Waals surface area contributed by atoms with Crippen LogP contribution in [-0.2, 0) is 4.79 Å². The Morgan fingerprint density at radius 1 is 1.29 bits per heavy atom. The number of carbonyl (C=O) groups excluding carboxylic acids is 1. The molecule has 6 heteroatoms. The van der Waals surface area contributed by atoms with Gasteiger partial charge in [-0.3, -0.25) is 9.69 Å². The number of hydrogen-bond donors (Lipinski definition) is 2. The van der Waals surface area contributed by atoms with E-state index in [2.05, 4.69) is 6.58 Å². The highest BCUT2D eigenvalue weighted by molar-refractivity contribution is 5.96. The third-order valence-corrected chi connectivity index (χ3v) is 2.86. The highest BCUT2D eigenvalue weighted by Gasteiger charge is 2.23. The molecule has 0 unspecified atom stereocenters. The van der Waals surface area contributed by atoms with Crippen LogP contribution in [0, 0.1) is 6.92 Å². The molecule has 0 aromatic heterocycles. The molecular formula is C15H20N2O4. The molecule has 114 valence electrons. The van der Waals surface area contributed by atoms with Gasteiger partial charge < -0.3 is 15.1 Å². The number of amides is 2. The van der Waals surface area contributed by atoms with Crippen LogP contribution in [0.3, 0.4) is 0 Å². The topological polar surface area (TPSA) is 81.1 Å². The molecule has 0 aliphatic heterocycles. The molecular weight excluding hydrogens is 272 g/mol. The molecule has 0 atom stereocenters. The lowest BCUT2D eigenvalue weighted by molar-refractivity contribution is -0.135. The monoisotopic (exact) mass is 292 g/mol. The lowest BCUT2D eigenvalue weighted by atomic mass is 10.2. The minimum atomic E-state index is -1.11. The number of benzene rings is 1. The summed E-state index contributed by atoms with van der Waals surface area (Å²) in [5.74, 6) is -1.11. The van der Waals surface area contributed by atoms with Gasteiger partial charge in [0.05, 0.1) is 6.61 Å². The number of hydrogen-bond acceptors (Lipinski definition) is 3. The summed E-state index contributed by atoms with van der Waals surface area (Å²) in [6.07, 6.45) is 1.53. The average Bonchev–Trinajstić information content (AvgIpc) is 2.45. The number of aliphatic hydroxyl groups excluding tert-OH is 1. The van der Waals surface area contributed by atoms with Gasteiger partial charge in [0.2, 0.25) is 0 Å². The number of carbonyl (C=O) groups is 2. The Morgan fingerprint density at radius 3 is 2.38 bits per heavy atom. The normalized spacial score (nSPS) is 10.0. The van der Waals surface area contributed by atoms with Gasteiger partial charge in [0.1, 0.15) is 6.54 Å². The molecule has 1 rings (SSSR count). The van der Waals surface area contributed by atoms with E-state index in [1.165, 1.54) is 15.9 Å². The van der Waals surface area contributed by atoms with Crippen molar-refractivity contribution in [2.24, 2.45) is 0 Å². The zero-order valence-electron chi connectivity index (χ0n) is 12.0. The molecule has 6 nitrogen and oxygen atoms in total. The average molecular weight is 292 g/mol. The van der Waals surface area contributed by atoms with Crippen LogP contribution in [0.1, 0.15) is 5.56 Å². The van der Waals surface area contributed by atoms with E-state index in [-0.39, 0.29) is 19.7 Å². The first-order valence-electron chi connectivity index (χ1n) is 6.56. The zero-order chi connectivity index (χ0) is 15.8. The van der Waals surface area contributed by atoms with Gasteiger partial charge in [-0.1, -0.05) is 23.8 Å². The van der Waals surface area contributed by atoms with Gasteiger partial charge in [-0.15, -0.1) is 6.58 Å². The number of aryl methyl sites for hydroxylation is 1. The van der Waals surface area contributed by atoms with Gasteiger partial charge >= 0.3 is 12.0 Å². The van der Waals surface area contributed by atoms with E-state index in [4.69, 9.17) is 10.2 Å². The third-order valence-electron chi connectivity index (χ3n) is 2.86.